The van der Waals surface area contributed by atoms with E-state index in [0.717, 1.165) is 27.1 Å². The van der Waals surface area contributed by atoms with Gasteiger partial charge in [0.05, 0.1) is 3.79 Å². The molecule has 1 nitrogen and oxygen atoms in total. The Balaban J connectivity index is 2.09. The monoisotopic (exact) mass is 314 g/mol. The lowest BCUT2D eigenvalue weighted by Crippen LogP contribution is -2.16. The van der Waals surface area contributed by atoms with E-state index in [2.05, 4.69) is 15.9 Å². The smallest absolute Gasteiger partial charge is 0.167 e. The predicted molar refractivity (Wildman–Crippen MR) is 76.9 cm³/mol. The van der Waals surface area contributed by atoms with Gasteiger partial charge in [0, 0.05) is 16.4 Å². The van der Waals surface area contributed by atoms with Crippen molar-refractivity contribution in [2.24, 2.45) is 5.92 Å². The van der Waals surface area contributed by atoms with Crippen molar-refractivity contribution >= 4 is 33.0 Å². The molecule has 3 heteroatoms. The van der Waals surface area contributed by atoms with E-state index < -0.39 is 0 Å². The number of Topliss-reactive ketones (excluding diaryl/α,β-unsaturated/α-hetero) is 1. The van der Waals surface area contributed by atoms with Crippen molar-refractivity contribution in [3.8, 4) is 0 Å². The molecule has 1 fully saturated rings. The highest BCUT2D eigenvalue weighted by Crippen LogP contribution is 2.31. The second-order valence-electron chi connectivity index (χ2n) is 4.93. The number of halogens is 1. The average molecular weight is 315 g/mol. The fourth-order valence-corrected chi connectivity index (χ4v) is 4.32. The summed E-state index contributed by atoms with van der Waals surface area (Å²) in [5, 5.41) is 0. The summed E-state index contributed by atoms with van der Waals surface area (Å²) in [7, 11) is 0. The molecule has 94 valence electrons. The molecule has 0 N–H and O–H groups in total. The van der Waals surface area contributed by atoms with E-state index in [4.69, 9.17) is 0 Å². The Hall–Kier alpha value is -0.150. The van der Waals surface area contributed by atoms with Gasteiger partial charge in [-0.3, -0.25) is 4.79 Å². The second kappa shape index (κ2) is 6.14. The van der Waals surface area contributed by atoms with Gasteiger partial charge in [-0.25, -0.2) is 0 Å². The number of aryl methyl sites for hydroxylation is 1. The van der Waals surface area contributed by atoms with Crippen molar-refractivity contribution in [3.05, 3.63) is 20.3 Å². The highest BCUT2D eigenvalue weighted by atomic mass is 79.9. The quantitative estimate of drug-likeness (QED) is 0.671. The van der Waals surface area contributed by atoms with E-state index in [1.165, 1.54) is 32.1 Å². The molecule has 0 amide bonds. The zero-order valence-electron chi connectivity index (χ0n) is 10.3. The molecule has 0 spiro atoms. The summed E-state index contributed by atoms with van der Waals surface area (Å²) in [5.74, 6) is 0.654. The van der Waals surface area contributed by atoms with Crippen molar-refractivity contribution in [2.75, 3.05) is 0 Å². The van der Waals surface area contributed by atoms with Gasteiger partial charge >= 0.3 is 0 Å². The van der Waals surface area contributed by atoms with E-state index >= 15 is 0 Å². The number of ketones is 1. The fraction of sp³-hybridized carbons (Fsp3) is 0.643. The minimum Gasteiger partial charge on any atom is -0.294 e. The summed E-state index contributed by atoms with van der Waals surface area (Å²) in [4.78, 5) is 13.6. The van der Waals surface area contributed by atoms with Crippen molar-refractivity contribution in [3.63, 3.8) is 0 Å². The molecular formula is C14H19BrOS. The summed E-state index contributed by atoms with van der Waals surface area (Å²) in [6.45, 7) is 2.05. The van der Waals surface area contributed by atoms with Crippen LogP contribution in [0.15, 0.2) is 9.85 Å². The van der Waals surface area contributed by atoms with E-state index in [-0.39, 0.29) is 5.92 Å². The van der Waals surface area contributed by atoms with Crippen LogP contribution in [0.1, 0.15) is 60.2 Å². The van der Waals surface area contributed by atoms with Crippen LogP contribution in [0.25, 0.3) is 0 Å². The molecule has 2 rings (SSSR count). The van der Waals surface area contributed by atoms with Gasteiger partial charge in [-0.2, -0.15) is 0 Å². The number of hydrogen-bond acceptors (Lipinski definition) is 2. The Morgan fingerprint density at radius 2 is 1.82 bits per heavy atom. The van der Waals surface area contributed by atoms with Gasteiger partial charge in [-0.1, -0.05) is 32.1 Å². The lowest BCUT2D eigenvalue weighted by molar-refractivity contribution is 0.0898. The Morgan fingerprint density at radius 3 is 2.35 bits per heavy atom. The molecule has 0 radical (unpaired) electrons. The van der Waals surface area contributed by atoms with Crippen LogP contribution in [-0.2, 0) is 0 Å². The first-order chi connectivity index (χ1) is 8.18. The van der Waals surface area contributed by atoms with Crippen molar-refractivity contribution < 1.29 is 4.79 Å². The molecule has 0 atom stereocenters. The van der Waals surface area contributed by atoms with Gasteiger partial charge < -0.3 is 0 Å². The number of rotatable bonds is 2. The third kappa shape index (κ3) is 3.41. The number of carbonyl (C=O) groups is 1. The molecular weight excluding hydrogens is 296 g/mol. The van der Waals surface area contributed by atoms with Crippen LogP contribution in [0.5, 0.6) is 0 Å². The third-order valence-electron chi connectivity index (χ3n) is 3.63. The maximum Gasteiger partial charge on any atom is 0.167 e. The minimum atomic E-state index is 0.274. The van der Waals surface area contributed by atoms with Crippen molar-refractivity contribution in [2.45, 2.75) is 51.9 Å². The molecule has 1 saturated carbocycles. The molecule has 1 aromatic rings. The molecule has 0 aliphatic heterocycles. The third-order valence-corrected chi connectivity index (χ3v) is 5.18. The number of hydrogen-bond donors (Lipinski definition) is 0. The standard InChI is InChI=1S/C14H19BrOS/c1-10-12(9-13(15)17-10)14(16)11-7-5-3-2-4-6-8-11/h9,11H,2-8H2,1H3. The van der Waals surface area contributed by atoms with Gasteiger partial charge in [0.2, 0.25) is 0 Å². The van der Waals surface area contributed by atoms with Gasteiger partial charge in [-0.05, 0) is 41.8 Å². The van der Waals surface area contributed by atoms with E-state index in [1.54, 1.807) is 11.3 Å². The molecule has 1 aliphatic carbocycles. The molecule has 1 aromatic heterocycles. The summed E-state index contributed by atoms with van der Waals surface area (Å²) in [5.41, 5.74) is 0.951. The van der Waals surface area contributed by atoms with E-state index in [9.17, 15) is 4.79 Å². The van der Waals surface area contributed by atoms with Gasteiger partial charge in [-0.15, -0.1) is 11.3 Å². The van der Waals surface area contributed by atoms with Crippen LogP contribution in [0.4, 0.5) is 0 Å². The Morgan fingerprint density at radius 1 is 1.24 bits per heavy atom. The number of carbonyl (C=O) groups excluding carboxylic acids is 1. The highest BCUT2D eigenvalue weighted by Gasteiger charge is 2.23. The van der Waals surface area contributed by atoms with E-state index in [0.29, 0.717) is 5.78 Å². The maximum absolute atomic E-state index is 12.5. The summed E-state index contributed by atoms with van der Waals surface area (Å²) < 4.78 is 1.07. The molecule has 0 bridgehead atoms. The summed E-state index contributed by atoms with van der Waals surface area (Å²) in [6.07, 6.45) is 8.58. The SMILES string of the molecule is Cc1sc(Br)cc1C(=O)C1CCCCCCC1. The molecule has 17 heavy (non-hydrogen) atoms. The predicted octanol–water partition coefficient (Wildman–Crippen LogP) is 5.36. The molecule has 0 saturated heterocycles. The van der Waals surface area contributed by atoms with Crippen LogP contribution >= 0.6 is 27.3 Å². The van der Waals surface area contributed by atoms with Crippen LogP contribution in [0.2, 0.25) is 0 Å². The first-order valence-electron chi connectivity index (χ1n) is 6.48. The largest absolute Gasteiger partial charge is 0.294 e. The maximum atomic E-state index is 12.5. The molecule has 0 unspecified atom stereocenters. The summed E-state index contributed by atoms with van der Waals surface area (Å²) >= 11 is 5.14. The van der Waals surface area contributed by atoms with Crippen LogP contribution in [0, 0.1) is 12.8 Å². The van der Waals surface area contributed by atoms with Crippen LogP contribution in [-0.4, -0.2) is 5.78 Å². The normalized spacial score (nSPS) is 18.7. The number of thiophene rings is 1. The van der Waals surface area contributed by atoms with Crippen molar-refractivity contribution in [1.82, 2.24) is 0 Å². The first kappa shape index (κ1) is 13.3. The van der Waals surface area contributed by atoms with E-state index in [1.807, 2.05) is 13.0 Å². The van der Waals surface area contributed by atoms with Gasteiger partial charge in [0.15, 0.2) is 5.78 Å². The zero-order valence-corrected chi connectivity index (χ0v) is 12.7. The second-order valence-corrected chi connectivity index (χ2v) is 7.56. The Bertz CT molecular complexity index is 389. The van der Waals surface area contributed by atoms with Crippen LogP contribution < -0.4 is 0 Å². The zero-order chi connectivity index (χ0) is 12.3. The molecule has 1 aliphatic rings. The average Bonchev–Trinajstić information content (AvgIpc) is 2.56. The molecule has 0 aromatic carbocycles. The van der Waals surface area contributed by atoms with Gasteiger partial charge in [0.1, 0.15) is 0 Å². The Labute approximate surface area is 116 Å². The van der Waals surface area contributed by atoms with Crippen molar-refractivity contribution in [1.29, 1.82) is 0 Å². The molecule has 1 heterocycles. The summed E-state index contributed by atoms with van der Waals surface area (Å²) in [6, 6.07) is 2.00. The van der Waals surface area contributed by atoms with Crippen LogP contribution in [0.3, 0.4) is 0 Å². The minimum absolute atomic E-state index is 0.274. The lowest BCUT2D eigenvalue weighted by atomic mass is 9.86. The Kier molecular flexibility index (Phi) is 4.80. The fourth-order valence-electron chi connectivity index (χ4n) is 2.63. The van der Waals surface area contributed by atoms with Gasteiger partial charge in [0.25, 0.3) is 0 Å². The highest BCUT2D eigenvalue weighted by molar-refractivity contribution is 9.11. The lowest BCUT2D eigenvalue weighted by Gasteiger charge is -2.18. The topological polar surface area (TPSA) is 17.1 Å². The first-order valence-corrected chi connectivity index (χ1v) is 8.09.